The molecule has 4 nitrogen and oxygen atoms in total. The minimum Gasteiger partial charge on any atom is -0.392 e. The van der Waals surface area contributed by atoms with Gasteiger partial charge in [-0.25, -0.2) is 0 Å². The van der Waals surface area contributed by atoms with Gasteiger partial charge in [-0.3, -0.25) is 4.68 Å². The molecule has 1 aliphatic heterocycles. The zero-order valence-electron chi connectivity index (χ0n) is 7.19. The van der Waals surface area contributed by atoms with Crippen molar-refractivity contribution in [2.75, 3.05) is 0 Å². The van der Waals surface area contributed by atoms with E-state index in [0.29, 0.717) is 0 Å². The van der Waals surface area contributed by atoms with Crippen LogP contribution in [-0.4, -0.2) is 21.6 Å². The highest BCUT2D eigenvalue weighted by Gasteiger charge is 2.18. The summed E-state index contributed by atoms with van der Waals surface area (Å²) >= 11 is 0. The summed E-state index contributed by atoms with van der Waals surface area (Å²) < 4.78 is 1.76. The van der Waals surface area contributed by atoms with Crippen LogP contribution in [0.2, 0.25) is 0 Å². The summed E-state index contributed by atoms with van der Waals surface area (Å²) in [6.45, 7) is 2.01. The van der Waals surface area contributed by atoms with Crippen LogP contribution in [0.3, 0.4) is 0 Å². The fourth-order valence-electron chi connectivity index (χ4n) is 1.24. The maximum atomic E-state index is 5.08. The Hall–Kier alpha value is -1.32. The van der Waals surface area contributed by atoms with Crippen molar-refractivity contribution in [1.82, 2.24) is 9.78 Å². The molecule has 1 unspecified atom stereocenters. The molecule has 0 aliphatic carbocycles. The van der Waals surface area contributed by atoms with Crippen molar-refractivity contribution in [1.29, 1.82) is 0 Å². The van der Waals surface area contributed by atoms with Gasteiger partial charge in [0.25, 0.3) is 0 Å². The topological polar surface area (TPSA) is 39.4 Å². The fraction of sp³-hybridized carbons (Fsp3) is 0.500. The maximum Gasteiger partial charge on any atom is 0.130 e. The quantitative estimate of drug-likeness (QED) is 0.621. The monoisotopic (exact) mass is 165 g/mol. The van der Waals surface area contributed by atoms with E-state index >= 15 is 0 Å². The van der Waals surface area contributed by atoms with Crippen molar-refractivity contribution in [3.05, 3.63) is 18.0 Å². The average Bonchev–Trinajstić information content (AvgIpc) is 2.58. The van der Waals surface area contributed by atoms with Crippen LogP contribution < -0.4 is 0 Å². The maximum absolute atomic E-state index is 5.08. The summed E-state index contributed by atoms with van der Waals surface area (Å²) in [5.74, 6) is 0. The van der Waals surface area contributed by atoms with Crippen LogP contribution in [0.1, 0.15) is 18.9 Å². The standard InChI is InChI=1S/C8H11N3O/c1-6-3-8(10-12-6)7-4-9-11(2)5-7/h4-6H,3H2,1-2H3. The number of oxime groups is 1. The molecule has 0 spiro atoms. The molecule has 1 atom stereocenters. The molecule has 0 radical (unpaired) electrons. The van der Waals surface area contributed by atoms with Gasteiger partial charge in [0.15, 0.2) is 0 Å². The largest absolute Gasteiger partial charge is 0.392 e. The predicted molar refractivity (Wildman–Crippen MR) is 44.9 cm³/mol. The van der Waals surface area contributed by atoms with Gasteiger partial charge in [0, 0.05) is 25.2 Å². The van der Waals surface area contributed by atoms with Crippen LogP contribution in [0.5, 0.6) is 0 Å². The zero-order valence-corrected chi connectivity index (χ0v) is 7.19. The minimum absolute atomic E-state index is 0.209. The first-order chi connectivity index (χ1) is 5.75. The Bertz CT molecular complexity index is 316. The smallest absolute Gasteiger partial charge is 0.130 e. The van der Waals surface area contributed by atoms with Gasteiger partial charge in [-0.15, -0.1) is 0 Å². The Labute approximate surface area is 70.8 Å². The average molecular weight is 165 g/mol. The molecule has 0 saturated heterocycles. The predicted octanol–water partition coefficient (Wildman–Crippen LogP) is 0.933. The molecule has 64 valence electrons. The zero-order chi connectivity index (χ0) is 8.55. The number of rotatable bonds is 1. The van der Waals surface area contributed by atoms with Gasteiger partial charge in [0.1, 0.15) is 6.10 Å². The highest BCUT2D eigenvalue weighted by atomic mass is 16.6. The van der Waals surface area contributed by atoms with Gasteiger partial charge in [0.2, 0.25) is 0 Å². The number of aromatic nitrogens is 2. The lowest BCUT2D eigenvalue weighted by molar-refractivity contribution is 0.0995. The normalized spacial score (nSPS) is 22.2. The summed E-state index contributed by atoms with van der Waals surface area (Å²) in [6, 6.07) is 0. The molecule has 12 heavy (non-hydrogen) atoms. The van der Waals surface area contributed by atoms with E-state index in [0.717, 1.165) is 17.7 Å². The molecular formula is C8H11N3O. The van der Waals surface area contributed by atoms with E-state index in [1.807, 2.05) is 20.2 Å². The van der Waals surface area contributed by atoms with Crippen LogP contribution >= 0.6 is 0 Å². The molecule has 1 aromatic rings. The first-order valence-electron chi connectivity index (χ1n) is 3.97. The molecule has 0 aromatic carbocycles. The van der Waals surface area contributed by atoms with E-state index in [1.54, 1.807) is 10.9 Å². The molecule has 2 rings (SSSR count). The molecule has 4 heteroatoms. The van der Waals surface area contributed by atoms with Crippen molar-refractivity contribution in [3.63, 3.8) is 0 Å². The van der Waals surface area contributed by atoms with Gasteiger partial charge < -0.3 is 4.84 Å². The van der Waals surface area contributed by atoms with Gasteiger partial charge in [-0.05, 0) is 6.92 Å². The van der Waals surface area contributed by atoms with Gasteiger partial charge in [-0.1, -0.05) is 5.16 Å². The van der Waals surface area contributed by atoms with Crippen molar-refractivity contribution in [2.45, 2.75) is 19.4 Å². The highest BCUT2D eigenvalue weighted by Crippen LogP contribution is 2.14. The Morgan fingerprint density at radius 2 is 2.50 bits per heavy atom. The lowest BCUT2D eigenvalue weighted by atomic mass is 10.1. The number of nitrogens with zero attached hydrogens (tertiary/aromatic N) is 3. The molecule has 0 saturated carbocycles. The molecule has 1 aliphatic rings. The van der Waals surface area contributed by atoms with Gasteiger partial charge >= 0.3 is 0 Å². The summed E-state index contributed by atoms with van der Waals surface area (Å²) in [4.78, 5) is 5.08. The number of hydrogen-bond acceptors (Lipinski definition) is 3. The van der Waals surface area contributed by atoms with Crippen LogP contribution in [-0.2, 0) is 11.9 Å². The molecule has 0 N–H and O–H groups in total. The summed E-state index contributed by atoms with van der Waals surface area (Å²) in [6.07, 6.45) is 4.84. The van der Waals surface area contributed by atoms with Crippen LogP contribution in [0.4, 0.5) is 0 Å². The van der Waals surface area contributed by atoms with E-state index in [-0.39, 0.29) is 6.10 Å². The molecular weight excluding hydrogens is 154 g/mol. The first-order valence-corrected chi connectivity index (χ1v) is 3.97. The van der Waals surface area contributed by atoms with E-state index in [9.17, 15) is 0 Å². The number of hydrogen-bond donors (Lipinski definition) is 0. The van der Waals surface area contributed by atoms with Gasteiger partial charge in [0.05, 0.1) is 11.9 Å². The fourth-order valence-corrected chi connectivity index (χ4v) is 1.24. The SMILES string of the molecule is CC1CC(c2cnn(C)c2)=NO1. The third-order valence-corrected chi connectivity index (χ3v) is 1.86. The molecule has 0 bridgehead atoms. The number of aryl methyl sites for hydroxylation is 1. The molecule has 0 amide bonds. The third-order valence-electron chi connectivity index (χ3n) is 1.86. The van der Waals surface area contributed by atoms with E-state index in [4.69, 9.17) is 4.84 Å². The Balaban J connectivity index is 2.21. The molecule has 0 fully saturated rings. The summed E-state index contributed by atoms with van der Waals surface area (Å²) in [5, 5.41) is 8.03. The van der Waals surface area contributed by atoms with Crippen molar-refractivity contribution in [3.8, 4) is 0 Å². The Morgan fingerprint density at radius 1 is 1.67 bits per heavy atom. The Morgan fingerprint density at radius 3 is 3.00 bits per heavy atom. The highest BCUT2D eigenvalue weighted by molar-refractivity contribution is 6.00. The minimum atomic E-state index is 0.209. The van der Waals surface area contributed by atoms with Crippen molar-refractivity contribution in [2.24, 2.45) is 12.2 Å². The van der Waals surface area contributed by atoms with Gasteiger partial charge in [-0.2, -0.15) is 5.10 Å². The van der Waals surface area contributed by atoms with Crippen molar-refractivity contribution >= 4 is 5.71 Å². The Kier molecular flexibility index (Phi) is 1.60. The van der Waals surface area contributed by atoms with E-state index in [1.165, 1.54) is 0 Å². The van der Waals surface area contributed by atoms with Crippen LogP contribution in [0.25, 0.3) is 0 Å². The van der Waals surface area contributed by atoms with Crippen LogP contribution in [0, 0.1) is 0 Å². The second-order valence-corrected chi connectivity index (χ2v) is 3.06. The third kappa shape index (κ3) is 1.20. The second kappa shape index (κ2) is 2.62. The summed E-state index contributed by atoms with van der Waals surface area (Å²) in [5.41, 5.74) is 2.05. The lowest BCUT2D eigenvalue weighted by Crippen LogP contribution is -2.02. The lowest BCUT2D eigenvalue weighted by Gasteiger charge is -1.94. The molecule has 2 heterocycles. The molecule has 1 aromatic heterocycles. The van der Waals surface area contributed by atoms with E-state index < -0.39 is 0 Å². The van der Waals surface area contributed by atoms with Crippen molar-refractivity contribution < 1.29 is 4.84 Å². The first kappa shape index (κ1) is 7.34. The second-order valence-electron chi connectivity index (χ2n) is 3.06. The summed E-state index contributed by atoms with van der Waals surface area (Å²) in [7, 11) is 1.89. The van der Waals surface area contributed by atoms with E-state index in [2.05, 4.69) is 10.3 Å². The van der Waals surface area contributed by atoms with Crippen LogP contribution in [0.15, 0.2) is 17.5 Å².